The van der Waals surface area contributed by atoms with Gasteiger partial charge in [-0.25, -0.2) is 14.2 Å². The summed E-state index contributed by atoms with van der Waals surface area (Å²) in [6.45, 7) is 3.85. The maximum atomic E-state index is 14.0. The number of carbonyl (C=O) groups excluding carboxylic acids is 1. The summed E-state index contributed by atoms with van der Waals surface area (Å²) >= 11 is 0. The van der Waals surface area contributed by atoms with Gasteiger partial charge in [-0.05, 0) is 30.5 Å². The maximum Gasteiger partial charge on any atom is 0.321 e. The third-order valence-corrected chi connectivity index (χ3v) is 7.17. The lowest BCUT2D eigenvalue weighted by molar-refractivity contribution is 0.0301. The van der Waals surface area contributed by atoms with Gasteiger partial charge in [0.1, 0.15) is 11.6 Å². The molecule has 1 atom stereocenters. The lowest BCUT2D eigenvalue weighted by Crippen LogP contribution is -2.62. The molecule has 2 aromatic carbocycles. The van der Waals surface area contributed by atoms with Crippen LogP contribution in [0.4, 0.5) is 14.9 Å². The van der Waals surface area contributed by atoms with Gasteiger partial charge in [-0.3, -0.25) is 10.00 Å². The van der Waals surface area contributed by atoms with E-state index in [9.17, 15) is 9.18 Å². The number of benzene rings is 2. The zero-order valence-corrected chi connectivity index (χ0v) is 18.4. The van der Waals surface area contributed by atoms with Crippen LogP contribution in [-0.4, -0.2) is 57.2 Å². The summed E-state index contributed by atoms with van der Waals surface area (Å²) in [5.41, 5.74) is 1.40. The molecule has 3 aromatic rings. The van der Waals surface area contributed by atoms with Crippen LogP contribution in [0.25, 0.3) is 0 Å². The second-order valence-corrected chi connectivity index (χ2v) is 9.69. The average molecular weight is 447 g/mol. The number of nitrogens with zero attached hydrogens (tertiary/aromatic N) is 4. The van der Waals surface area contributed by atoms with E-state index in [-0.39, 0.29) is 23.1 Å². The zero-order valence-electron chi connectivity index (χ0n) is 18.4. The summed E-state index contributed by atoms with van der Waals surface area (Å²) in [5, 5.41) is 10.4. The Kier molecular flexibility index (Phi) is 4.90. The number of urea groups is 1. The Bertz CT molecular complexity index is 1150. The molecule has 170 valence electrons. The van der Waals surface area contributed by atoms with Gasteiger partial charge in [0.05, 0.1) is 5.69 Å². The van der Waals surface area contributed by atoms with E-state index in [1.54, 1.807) is 23.1 Å². The Balaban J connectivity index is 1.19. The van der Waals surface area contributed by atoms with E-state index in [4.69, 9.17) is 4.98 Å². The number of aromatic amines is 1. The molecule has 2 saturated heterocycles. The standard InChI is InChI=1S/C25H27FN6O/c26-20-8-4-5-9-21(20)27-24(33)32-15-25(16-32)14-31(12-17-6-2-1-3-7-17)13-19(25)23-28-22(29-30-23)18-10-11-18/h1-9,18-19H,10-16H2,(H,27,33)(H,28,29,30). The fourth-order valence-corrected chi connectivity index (χ4v) is 5.31. The Morgan fingerprint density at radius 2 is 1.85 bits per heavy atom. The van der Waals surface area contributed by atoms with Crippen LogP contribution in [0.2, 0.25) is 0 Å². The number of nitrogens with one attached hydrogen (secondary N) is 2. The van der Waals surface area contributed by atoms with Crippen molar-refractivity contribution in [2.45, 2.75) is 31.2 Å². The molecule has 3 heterocycles. The Morgan fingerprint density at radius 3 is 2.61 bits per heavy atom. The monoisotopic (exact) mass is 446 g/mol. The normalized spacial score (nSPS) is 21.8. The quantitative estimate of drug-likeness (QED) is 0.622. The third-order valence-electron chi connectivity index (χ3n) is 7.17. The zero-order chi connectivity index (χ0) is 22.4. The smallest absolute Gasteiger partial charge is 0.321 e. The van der Waals surface area contributed by atoms with Crippen LogP contribution in [0.15, 0.2) is 54.6 Å². The molecule has 33 heavy (non-hydrogen) atoms. The first kappa shape index (κ1) is 20.4. The molecule has 0 bridgehead atoms. The van der Waals surface area contributed by atoms with Crippen molar-refractivity contribution < 1.29 is 9.18 Å². The van der Waals surface area contributed by atoms with Crippen LogP contribution in [0.3, 0.4) is 0 Å². The average Bonchev–Trinajstić information content (AvgIpc) is 3.40. The first-order valence-electron chi connectivity index (χ1n) is 11.6. The molecule has 0 radical (unpaired) electrons. The van der Waals surface area contributed by atoms with Crippen LogP contribution in [0.1, 0.15) is 41.9 Å². The van der Waals surface area contributed by atoms with Gasteiger partial charge in [0.15, 0.2) is 5.82 Å². The number of carbonyl (C=O) groups is 1. The molecule has 6 rings (SSSR count). The van der Waals surface area contributed by atoms with Crippen LogP contribution < -0.4 is 5.32 Å². The van der Waals surface area contributed by atoms with E-state index in [1.165, 1.54) is 11.6 Å². The molecule has 1 unspecified atom stereocenters. The molecule has 3 aliphatic rings. The topological polar surface area (TPSA) is 77.2 Å². The number of hydrogen-bond acceptors (Lipinski definition) is 4. The summed E-state index contributed by atoms with van der Waals surface area (Å²) in [4.78, 5) is 21.9. The first-order valence-corrected chi connectivity index (χ1v) is 11.6. The molecule has 8 heteroatoms. The van der Waals surface area contributed by atoms with Gasteiger partial charge < -0.3 is 10.2 Å². The number of anilines is 1. The second-order valence-electron chi connectivity index (χ2n) is 9.69. The van der Waals surface area contributed by atoms with E-state index in [1.807, 2.05) is 6.07 Å². The van der Waals surface area contributed by atoms with Crippen LogP contribution >= 0.6 is 0 Å². The predicted octanol–water partition coefficient (Wildman–Crippen LogP) is 3.95. The van der Waals surface area contributed by atoms with Gasteiger partial charge in [-0.2, -0.15) is 5.10 Å². The van der Waals surface area contributed by atoms with E-state index in [0.717, 1.165) is 44.1 Å². The number of halogens is 1. The predicted molar refractivity (Wildman–Crippen MR) is 122 cm³/mol. The summed E-state index contributed by atoms with van der Waals surface area (Å²) in [6, 6.07) is 16.5. The molecule has 3 fully saturated rings. The van der Waals surface area contributed by atoms with Crippen molar-refractivity contribution in [3.05, 3.63) is 77.6 Å². The van der Waals surface area contributed by atoms with Crippen molar-refractivity contribution in [2.75, 3.05) is 31.5 Å². The van der Waals surface area contributed by atoms with Crippen LogP contribution in [0, 0.1) is 11.2 Å². The molecule has 1 aliphatic carbocycles. The van der Waals surface area contributed by atoms with Crippen molar-refractivity contribution in [1.82, 2.24) is 25.0 Å². The lowest BCUT2D eigenvalue weighted by Gasteiger charge is -2.50. The van der Waals surface area contributed by atoms with Crippen molar-refractivity contribution >= 4 is 11.7 Å². The Morgan fingerprint density at radius 1 is 1.09 bits per heavy atom. The molecule has 1 saturated carbocycles. The minimum atomic E-state index is -0.428. The van der Waals surface area contributed by atoms with Gasteiger partial charge in [0.2, 0.25) is 0 Å². The number of amides is 2. The Labute approximate surface area is 192 Å². The highest BCUT2D eigenvalue weighted by Gasteiger charge is 2.57. The van der Waals surface area contributed by atoms with Crippen molar-refractivity contribution in [3.63, 3.8) is 0 Å². The lowest BCUT2D eigenvalue weighted by atomic mass is 9.71. The second kappa shape index (κ2) is 7.95. The highest BCUT2D eigenvalue weighted by Crippen LogP contribution is 2.49. The maximum absolute atomic E-state index is 14.0. The van der Waals surface area contributed by atoms with Crippen molar-refractivity contribution in [1.29, 1.82) is 0 Å². The van der Waals surface area contributed by atoms with Crippen molar-refractivity contribution in [3.8, 4) is 0 Å². The number of rotatable bonds is 5. The molecule has 1 spiro atoms. The van der Waals surface area contributed by atoms with Gasteiger partial charge in [0.25, 0.3) is 0 Å². The Hall–Kier alpha value is -3.26. The largest absolute Gasteiger partial charge is 0.323 e. The van der Waals surface area contributed by atoms with Gasteiger partial charge in [-0.15, -0.1) is 0 Å². The summed E-state index contributed by atoms with van der Waals surface area (Å²) in [7, 11) is 0. The molecule has 7 nitrogen and oxygen atoms in total. The fraction of sp³-hybridized carbons (Fsp3) is 0.400. The minimum absolute atomic E-state index is 0.0816. The van der Waals surface area contributed by atoms with E-state index in [2.05, 4.69) is 44.7 Å². The summed E-state index contributed by atoms with van der Waals surface area (Å²) < 4.78 is 14.0. The fourth-order valence-electron chi connectivity index (χ4n) is 5.31. The summed E-state index contributed by atoms with van der Waals surface area (Å²) in [5.74, 6) is 2.11. The highest BCUT2D eigenvalue weighted by molar-refractivity contribution is 5.90. The summed E-state index contributed by atoms with van der Waals surface area (Å²) in [6.07, 6.45) is 2.33. The van der Waals surface area contributed by atoms with E-state index < -0.39 is 5.82 Å². The van der Waals surface area contributed by atoms with E-state index >= 15 is 0 Å². The number of para-hydroxylation sites is 1. The molecule has 2 amide bonds. The number of aromatic nitrogens is 3. The molecule has 2 N–H and O–H groups in total. The minimum Gasteiger partial charge on any atom is -0.323 e. The molecular weight excluding hydrogens is 419 g/mol. The number of likely N-dealkylation sites (tertiary alicyclic amines) is 2. The third kappa shape index (κ3) is 3.88. The number of H-pyrrole nitrogens is 1. The van der Waals surface area contributed by atoms with Gasteiger partial charge >= 0.3 is 6.03 Å². The van der Waals surface area contributed by atoms with Crippen molar-refractivity contribution in [2.24, 2.45) is 5.41 Å². The highest BCUT2D eigenvalue weighted by atomic mass is 19.1. The van der Waals surface area contributed by atoms with Gasteiger partial charge in [-0.1, -0.05) is 42.5 Å². The number of hydrogen-bond donors (Lipinski definition) is 2. The van der Waals surface area contributed by atoms with Crippen LogP contribution in [0.5, 0.6) is 0 Å². The van der Waals surface area contributed by atoms with Gasteiger partial charge in [0, 0.05) is 50.0 Å². The SMILES string of the molecule is O=C(Nc1ccccc1F)N1CC2(CN(Cc3ccccc3)CC2c2nc(C3CC3)n[nH]2)C1. The first-order chi connectivity index (χ1) is 16.1. The molecule has 1 aromatic heterocycles. The molecular formula is C25H27FN6O. The van der Waals surface area contributed by atoms with Crippen LogP contribution in [-0.2, 0) is 6.54 Å². The molecule has 2 aliphatic heterocycles. The van der Waals surface area contributed by atoms with E-state index in [0.29, 0.717) is 19.0 Å².